The Morgan fingerprint density at radius 3 is 2.67 bits per heavy atom. The summed E-state index contributed by atoms with van der Waals surface area (Å²) in [5.41, 5.74) is 0.720. The molecule has 2 nitrogen and oxygen atoms in total. The molecule has 1 aliphatic carbocycles. The highest BCUT2D eigenvalue weighted by Crippen LogP contribution is 2.28. The molecule has 0 radical (unpaired) electrons. The molecule has 1 N–H and O–H groups in total. The van der Waals surface area contributed by atoms with Crippen molar-refractivity contribution in [2.24, 2.45) is 0 Å². The number of aliphatic hydroxyl groups is 1. The molecular formula is C12H16FNO. The summed E-state index contributed by atoms with van der Waals surface area (Å²) in [5, 5.41) is 8.93. The molecule has 3 heteroatoms. The third-order valence-electron chi connectivity index (χ3n) is 2.78. The van der Waals surface area contributed by atoms with Crippen molar-refractivity contribution in [3.63, 3.8) is 0 Å². The van der Waals surface area contributed by atoms with Crippen molar-refractivity contribution < 1.29 is 9.50 Å². The lowest BCUT2D eigenvalue weighted by molar-refractivity contribution is 0.182. The van der Waals surface area contributed by atoms with Crippen LogP contribution in [0.2, 0.25) is 0 Å². The van der Waals surface area contributed by atoms with E-state index in [0.717, 1.165) is 5.56 Å². The zero-order valence-electron chi connectivity index (χ0n) is 8.69. The molecule has 1 aliphatic rings. The van der Waals surface area contributed by atoms with Crippen LogP contribution >= 0.6 is 0 Å². The molecule has 0 atom stereocenters. The van der Waals surface area contributed by atoms with Gasteiger partial charge in [-0.3, -0.25) is 4.90 Å². The van der Waals surface area contributed by atoms with Crippen LogP contribution in [0.4, 0.5) is 4.39 Å². The number of hydrogen-bond acceptors (Lipinski definition) is 2. The van der Waals surface area contributed by atoms with Crippen LogP contribution in [0.5, 0.6) is 0 Å². The monoisotopic (exact) mass is 209 g/mol. The molecule has 15 heavy (non-hydrogen) atoms. The molecule has 82 valence electrons. The molecule has 0 amide bonds. The molecular weight excluding hydrogens is 193 g/mol. The van der Waals surface area contributed by atoms with Gasteiger partial charge in [-0.05, 0) is 18.9 Å². The summed E-state index contributed by atoms with van der Waals surface area (Å²) < 4.78 is 13.4. The predicted molar refractivity (Wildman–Crippen MR) is 56.9 cm³/mol. The van der Waals surface area contributed by atoms with Crippen LogP contribution in [0.3, 0.4) is 0 Å². The number of halogens is 1. The predicted octanol–water partition coefficient (Wildman–Crippen LogP) is 1.78. The van der Waals surface area contributed by atoms with Crippen LogP contribution in [0.15, 0.2) is 24.3 Å². The fourth-order valence-electron chi connectivity index (χ4n) is 1.80. The summed E-state index contributed by atoms with van der Waals surface area (Å²) >= 11 is 0. The summed E-state index contributed by atoms with van der Waals surface area (Å²) in [6, 6.07) is 7.40. The molecule has 1 aromatic carbocycles. The van der Waals surface area contributed by atoms with Gasteiger partial charge in [-0.2, -0.15) is 0 Å². The van der Waals surface area contributed by atoms with Crippen molar-refractivity contribution in [3.8, 4) is 0 Å². The van der Waals surface area contributed by atoms with Crippen LogP contribution in [0, 0.1) is 5.82 Å². The summed E-state index contributed by atoms with van der Waals surface area (Å²) in [4.78, 5) is 2.15. The van der Waals surface area contributed by atoms with E-state index < -0.39 is 0 Å². The molecule has 1 saturated carbocycles. The number of hydrogen-bond donors (Lipinski definition) is 1. The van der Waals surface area contributed by atoms with Crippen molar-refractivity contribution >= 4 is 0 Å². The van der Waals surface area contributed by atoms with E-state index in [1.54, 1.807) is 6.07 Å². The number of nitrogens with zero attached hydrogens (tertiary/aromatic N) is 1. The minimum atomic E-state index is -0.152. The van der Waals surface area contributed by atoms with E-state index in [-0.39, 0.29) is 12.4 Å². The third kappa shape index (κ3) is 2.76. The van der Waals surface area contributed by atoms with Crippen molar-refractivity contribution in [1.29, 1.82) is 0 Å². The first kappa shape index (κ1) is 10.6. The van der Waals surface area contributed by atoms with Crippen molar-refractivity contribution in [2.45, 2.75) is 25.4 Å². The van der Waals surface area contributed by atoms with Crippen LogP contribution in [0.1, 0.15) is 18.4 Å². The third-order valence-corrected chi connectivity index (χ3v) is 2.78. The molecule has 0 spiro atoms. The SMILES string of the molecule is OCCN(Cc1ccccc1F)C1CC1. The fraction of sp³-hybridized carbons (Fsp3) is 0.500. The Morgan fingerprint density at radius 1 is 1.33 bits per heavy atom. The van der Waals surface area contributed by atoms with Crippen LogP contribution in [-0.4, -0.2) is 29.2 Å². The molecule has 0 aromatic heterocycles. The van der Waals surface area contributed by atoms with Gasteiger partial charge in [0.15, 0.2) is 0 Å². The highest BCUT2D eigenvalue weighted by atomic mass is 19.1. The highest BCUT2D eigenvalue weighted by Gasteiger charge is 2.28. The average molecular weight is 209 g/mol. The minimum Gasteiger partial charge on any atom is -0.395 e. The maximum Gasteiger partial charge on any atom is 0.127 e. The van der Waals surface area contributed by atoms with Gasteiger partial charge in [-0.15, -0.1) is 0 Å². The van der Waals surface area contributed by atoms with Crippen molar-refractivity contribution in [2.75, 3.05) is 13.2 Å². The second-order valence-electron chi connectivity index (χ2n) is 4.02. The number of benzene rings is 1. The van der Waals surface area contributed by atoms with Crippen molar-refractivity contribution in [1.82, 2.24) is 4.90 Å². The Labute approximate surface area is 89.3 Å². The number of aliphatic hydroxyl groups excluding tert-OH is 1. The maximum atomic E-state index is 13.4. The first-order valence-electron chi connectivity index (χ1n) is 5.39. The lowest BCUT2D eigenvalue weighted by Gasteiger charge is -2.20. The van der Waals surface area contributed by atoms with Crippen molar-refractivity contribution in [3.05, 3.63) is 35.6 Å². The molecule has 0 bridgehead atoms. The zero-order chi connectivity index (χ0) is 10.7. The van der Waals surface area contributed by atoms with Gasteiger partial charge in [-0.25, -0.2) is 4.39 Å². The first-order valence-corrected chi connectivity index (χ1v) is 5.39. The van der Waals surface area contributed by atoms with E-state index in [1.807, 2.05) is 12.1 Å². The van der Waals surface area contributed by atoms with Gasteiger partial charge in [0.1, 0.15) is 5.82 Å². The standard InChI is InChI=1S/C12H16FNO/c13-12-4-2-1-3-10(12)9-14(7-8-15)11-5-6-11/h1-4,11,15H,5-9H2. The first-order chi connectivity index (χ1) is 7.31. The van der Waals surface area contributed by atoms with Gasteiger partial charge in [0.25, 0.3) is 0 Å². The molecule has 2 rings (SSSR count). The van der Waals surface area contributed by atoms with E-state index >= 15 is 0 Å². The molecule has 1 fully saturated rings. The Balaban J connectivity index is 2.02. The van der Waals surface area contributed by atoms with Crippen LogP contribution < -0.4 is 0 Å². The van der Waals surface area contributed by atoms with Crippen LogP contribution in [-0.2, 0) is 6.54 Å². The molecule has 0 unspecified atom stereocenters. The lowest BCUT2D eigenvalue weighted by atomic mass is 10.2. The molecule has 1 aromatic rings. The maximum absolute atomic E-state index is 13.4. The van der Waals surface area contributed by atoms with Gasteiger partial charge < -0.3 is 5.11 Å². The Kier molecular flexibility index (Phi) is 3.34. The van der Waals surface area contributed by atoms with Gasteiger partial charge >= 0.3 is 0 Å². The quantitative estimate of drug-likeness (QED) is 0.799. The Bertz CT molecular complexity index is 325. The fourth-order valence-corrected chi connectivity index (χ4v) is 1.80. The number of rotatable bonds is 5. The second kappa shape index (κ2) is 4.73. The molecule has 0 heterocycles. The topological polar surface area (TPSA) is 23.5 Å². The van der Waals surface area contributed by atoms with E-state index in [9.17, 15) is 4.39 Å². The zero-order valence-corrected chi connectivity index (χ0v) is 8.69. The summed E-state index contributed by atoms with van der Waals surface area (Å²) in [6.07, 6.45) is 2.35. The molecule has 0 aliphatic heterocycles. The summed E-state index contributed by atoms with van der Waals surface area (Å²) in [6.45, 7) is 1.39. The average Bonchev–Trinajstić information content (AvgIpc) is 3.04. The van der Waals surface area contributed by atoms with Crippen LogP contribution in [0.25, 0.3) is 0 Å². The van der Waals surface area contributed by atoms with Gasteiger partial charge in [0, 0.05) is 24.7 Å². The van der Waals surface area contributed by atoms with E-state index in [0.29, 0.717) is 19.1 Å². The minimum absolute atomic E-state index is 0.144. The van der Waals surface area contributed by atoms with E-state index in [1.165, 1.54) is 18.9 Å². The normalized spacial score (nSPS) is 15.9. The van der Waals surface area contributed by atoms with E-state index in [2.05, 4.69) is 4.90 Å². The molecule has 0 saturated heterocycles. The Morgan fingerprint density at radius 2 is 2.07 bits per heavy atom. The highest BCUT2D eigenvalue weighted by molar-refractivity contribution is 5.17. The Hall–Kier alpha value is -0.930. The van der Waals surface area contributed by atoms with E-state index in [4.69, 9.17) is 5.11 Å². The second-order valence-corrected chi connectivity index (χ2v) is 4.02. The smallest absolute Gasteiger partial charge is 0.127 e. The largest absolute Gasteiger partial charge is 0.395 e. The summed E-state index contributed by atoms with van der Waals surface area (Å²) in [5.74, 6) is -0.152. The lowest BCUT2D eigenvalue weighted by Crippen LogP contribution is -2.28. The van der Waals surface area contributed by atoms with Gasteiger partial charge in [0.2, 0.25) is 0 Å². The van der Waals surface area contributed by atoms with Gasteiger partial charge in [0.05, 0.1) is 6.61 Å². The van der Waals surface area contributed by atoms with Gasteiger partial charge in [-0.1, -0.05) is 18.2 Å². The summed E-state index contributed by atoms with van der Waals surface area (Å²) in [7, 11) is 0.